The molecule has 1 N–H and O–H groups in total. The van der Waals surface area contributed by atoms with Gasteiger partial charge in [0.1, 0.15) is 0 Å². The molecule has 1 nitrogen and oxygen atoms in total. The van der Waals surface area contributed by atoms with E-state index < -0.39 is 0 Å². The molecule has 0 spiro atoms. The molecule has 15 heavy (non-hydrogen) atoms. The summed E-state index contributed by atoms with van der Waals surface area (Å²) in [5.74, 6) is 0. The Morgan fingerprint density at radius 3 is 2.67 bits per heavy atom. The van der Waals surface area contributed by atoms with Crippen LogP contribution in [0, 0.1) is 0 Å². The van der Waals surface area contributed by atoms with Crippen molar-refractivity contribution in [3.8, 4) is 0 Å². The largest absolute Gasteiger partial charge is 0.378 e. The number of benzene rings is 1. The van der Waals surface area contributed by atoms with Crippen LogP contribution >= 0.6 is 0 Å². The zero-order valence-electron chi connectivity index (χ0n) is 9.63. The van der Waals surface area contributed by atoms with Crippen LogP contribution in [0.4, 0.5) is 5.69 Å². The number of para-hydroxylation sites is 1. The van der Waals surface area contributed by atoms with Gasteiger partial charge < -0.3 is 5.32 Å². The summed E-state index contributed by atoms with van der Waals surface area (Å²) in [5.41, 5.74) is 2.86. The maximum Gasteiger partial charge on any atom is 0.0534 e. The molecule has 1 heterocycles. The molecule has 0 bridgehead atoms. The zero-order valence-corrected chi connectivity index (χ0v) is 9.63. The highest BCUT2D eigenvalue weighted by molar-refractivity contribution is 5.62. The Morgan fingerprint density at radius 2 is 1.87 bits per heavy atom. The molecule has 1 aromatic carbocycles. The third kappa shape index (κ3) is 2.53. The van der Waals surface area contributed by atoms with E-state index in [1.54, 1.807) is 0 Å². The van der Waals surface area contributed by atoms with Crippen molar-refractivity contribution in [2.45, 2.75) is 51.5 Å². The van der Waals surface area contributed by atoms with E-state index in [2.05, 4.69) is 36.5 Å². The molecule has 0 aliphatic carbocycles. The van der Waals surface area contributed by atoms with Gasteiger partial charge in [0, 0.05) is 5.69 Å². The monoisotopic (exact) mass is 203 g/mol. The van der Waals surface area contributed by atoms with Crippen molar-refractivity contribution in [2.75, 3.05) is 5.32 Å². The molecule has 82 valence electrons. The second-order valence-electron chi connectivity index (χ2n) is 4.49. The van der Waals surface area contributed by atoms with Crippen LogP contribution in [0.2, 0.25) is 0 Å². The van der Waals surface area contributed by atoms with Crippen molar-refractivity contribution < 1.29 is 0 Å². The van der Waals surface area contributed by atoms with E-state index in [-0.39, 0.29) is 0 Å². The van der Waals surface area contributed by atoms with Crippen LogP contribution in [0.1, 0.15) is 57.1 Å². The minimum atomic E-state index is 0.642. The third-order valence-corrected chi connectivity index (χ3v) is 3.26. The van der Waals surface area contributed by atoms with Crippen LogP contribution in [0.25, 0.3) is 0 Å². The van der Waals surface area contributed by atoms with Gasteiger partial charge in [0.2, 0.25) is 0 Å². The molecule has 1 unspecified atom stereocenters. The van der Waals surface area contributed by atoms with Crippen molar-refractivity contribution in [3.63, 3.8) is 0 Å². The summed E-state index contributed by atoms with van der Waals surface area (Å²) in [7, 11) is 0. The van der Waals surface area contributed by atoms with Crippen LogP contribution in [-0.4, -0.2) is 0 Å². The molecule has 0 saturated carbocycles. The molecule has 0 fully saturated rings. The van der Waals surface area contributed by atoms with Crippen molar-refractivity contribution in [2.24, 2.45) is 0 Å². The minimum absolute atomic E-state index is 0.642. The Morgan fingerprint density at radius 1 is 1.07 bits per heavy atom. The molecule has 2 rings (SSSR count). The zero-order chi connectivity index (χ0) is 10.5. The quantitative estimate of drug-likeness (QED) is 0.670. The number of rotatable bonds is 6. The fraction of sp³-hybridized carbons (Fsp3) is 0.571. The maximum absolute atomic E-state index is 3.51. The van der Waals surface area contributed by atoms with E-state index in [1.165, 1.54) is 49.8 Å². The van der Waals surface area contributed by atoms with Crippen LogP contribution in [0.15, 0.2) is 24.3 Å². The summed E-state index contributed by atoms with van der Waals surface area (Å²) in [6.45, 7) is 2.27. The van der Waals surface area contributed by atoms with Gasteiger partial charge in [-0.15, -0.1) is 0 Å². The SMILES string of the molecule is CCCCCCCC1Nc2ccccc21. The molecule has 0 radical (unpaired) electrons. The second-order valence-corrected chi connectivity index (χ2v) is 4.49. The van der Waals surface area contributed by atoms with Gasteiger partial charge in [0.05, 0.1) is 6.04 Å². The van der Waals surface area contributed by atoms with Gasteiger partial charge in [-0.05, 0) is 18.1 Å². The Labute approximate surface area is 92.9 Å². The van der Waals surface area contributed by atoms with E-state index in [1.807, 2.05) is 0 Å². The van der Waals surface area contributed by atoms with Gasteiger partial charge in [-0.2, -0.15) is 0 Å². The first-order valence-electron chi connectivity index (χ1n) is 6.27. The highest BCUT2D eigenvalue weighted by atomic mass is 15.0. The van der Waals surface area contributed by atoms with Crippen LogP contribution in [0.5, 0.6) is 0 Å². The van der Waals surface area contributed by atoms with E-state index in [4.69, 9.17) is 0 Å². The number of hydrogen-bond donors (Lipinski definition) is 1. The first-order chi connectivity index (χ1) is 7.42. The number of fused-ring (bicyclic) bond motifs is 1. The average molecular weight is 203 g/mol. The van der Waals surface area contributed by atoms with Crippen molar-refractivity contribution in [1.29, 1.82) is 0 Å². The van der Waals surface area contributed by atoms with Crippen LogP contribution in [-0.2, 0) is 0 Å². The molecule has 1 heteroatoms. The predicted octanol–water partition coefficient (Wildman–Crippen LogP) is 4.51. The molecule has 1 aromatic rings. The Balaban J connectivity index is 1.67. The van der Waals surface area contributed by atoms with Crippen molar-refractivity contribution in [1.82, 2.24) is 0 Å². The number of hydrogen-bond acceptors (Lipinski definition) is 1. The summed E-state index contributed by atoms with van der Waals surface area (Å²) < 4.78 is 0. The smallest absolute Gasteiger partial charge is 0.0534 e. The predicted molar refractivity (Wildman–Crippen MR) is 66.2 cm³/mol. The molecule has 0 aromatic heterocycles. The van der Waals surface area contributed by atoms with Gasteiger partial charge in [0.15, 0.2) is 0 Å². The van der Waals surface area contributed by atoms with Crippen molar-refractivity contribution in [3.05, 3.63) is 29.8 Å². The lowest BCUT2D eigenvalue weighted by Gasteiger charge is -2.32. The molecule has 0 amide bonds. The fourth-order valence-corrected chi connectivity index (χ4v) is 2.30. The normalized spacial score (nSPS) is 17.8. The molecule has 1 atom stereocenters. The lowest BCUT2D eigenvalue weighted by Crippen LogP contribution is -2.22. The highest BCUT2D eigenvalue weighted by Gasteiger charge is 2.23. The first-order valence-corrected chi connectivity index (χ1v) is 6.27. The highest BCUT2D eigenvalue weighted by Crippen LogP contribution is 2.38. The van der Waals surface area contributed by atoms with E-state index in [0.717, 1.165) is 0 Å². The Kier molecular flexibility index (Phi) is 3.65. The van der Waals surface area contributed by atoms with Crippen molar-refractivity contribution >= 4 is 5.69 Å². The van der Waals surface area contributed by atoms with Gasteiger partial charge in [0.25, 0.3) is 0 Å². The number of nitrogens with one attached hydrogen (secondary N) is 1. The fourth-order valence-electron chi connectivity index (χ4n) is 2.30. The standard InChI is InChI=1S/C14H21N/c1-2-3-4-5-6-10-13-12-9-7-8-11-14(12)15-13/h7-9,11,13,15H,2-6,10H2,1H3. The summed E-state index contributed by atoms with van der Waals surface area (Å²) in [5, 5.41) is 3.51. The van der Waals surface area contributed by atoms with Gasteiger partial charge in [-0.1, -0.05) is 57.2 Å². The van der Waals surface area contributed by atoms with Crippen LogP contribution < -0.4 is 5.32 Å². The van der Waals surface area contributed by atoms with Gasteiger partial charge in [-0.3, -0.25) is 0 Å². The third-order valence-electron chi connectivity index (χ3n) is 3.26. The topological polar surface area (TPSA) is 12.0 Å². The summed E-state index contributed by atoms with van der Waals surface area (Å²) in [6, 6.07) is 9.31. The van der Waals surface area contributed by atoms with Crippen LogP contribution in [0.3, 0.4) is 0 Å². The van der Waals surface area contributed by atoms with Gasteiger partial charge in [-0.25, -0.2) is 0 Å². The summed E-state index contributed by atoms with van der Waals surface area (Å²) in [6.07, 6.45) is 8.21. The Hall–Kier alpha value is -0.980. The van der Waals surface area contributed by atoms with E-state index >= 15 is 0 Å². The maximum atomic E-state index is 3.51. The average Bonchev–Trinajstić information content (AvgIpc) is 2.24. The van der Waals surface area contributed by atoms with E-state index in [0.29, 0.717) is 6.04 Å². The summed E-state index contributed by atoms with van der Waals surface area (Å²) in [4.78, 5) is 0. The molecular formula is C14H21N. The number of unbranched alkanes of at least 4 members (excludes halogenated alkanes) is 4. The summed E-state index contributed by atoms with van der Waals surface area (Å²) >= 11 is 0. The number of anilines is 1. The lowest BCUT2D eigenvalue weighted by atomic mass is 9.92. The molecule has 1 aliphatic heterocycles. The first kappa shape index (κ1) is 10.5. The molecule has 0 saturated heterocycles. The van der Waals surface area contributed by atoms with Gasteiger partial charge >= 0.3 is 0 Å². The second kappa shape index (κ2) is 5.20. The molecular weight excluding hydrogens is 182 g/mol. The van der Waals surface area contributed by atoms with E-state index in [9.17, 15) is 0 Å². The lowest BCUT2D eigenvalue weighted by molar-refractivity contribution is 0.559. The minimum Gasteiger partial charge on any atom is -0.378 e. The molecule has 1 aliphatic rings. The Bertz CT molecular complexity index is 306.